The van der Waals surface area contributed by atoms with E-state index in [0.717, 1.165) is 25.1 Å². The number of piperidine rings is 1. The van der Waals surface area contributed by atoms with Gasteiger partial charge in [-0.15, -0.1) is 15.3 Å². The average Bonchev–Trinajstić information content (AvgIpc) is 3.34. The first kappa shape index (κ1) is 17.1. The van der Waals surface area contributed by atoms with Gasteiger partial charge in [-0.25, -0.2) is 4.68 Å². The van der Waals surface area contributed by atoms with Crippen LogP contribution >= 0.6 is 0 Å². The number of aromatic nitrogens is 7. The quantitative estimate of drug-likeness (QED) is 0.717. The molecule has 0 radical (unpaired) electrons. The topological polar surface area (TPSA) is 115 Å². The van der Waals surface area contributed by atoms with Crippen LogP contribution in [0.25, 0.3) is 5.69 Å². The molecule has 2 aromatic heterocycles. The van der Waals surface area contributed by atoms with Crippen molar-refractivity contribution in [2.24, 2.45) is 13.0 Å². The van der Waals surface area contributed by atoms with Crippen LogP contribution in [0.3, 0.4) is 0 Å². The highest BCUT2D eigenvalue weighted by atomic mass is 16.3. The van der Waals surface area contributed by atoms with Crippen molar-refractivity contribution >= 4 is 5.91 Å². The number of carbonyl (C=O) groups is 1. The minimum absolute atomic E-state index is 0.0748. The van der Waals surface area contributed by atoms with E-state index >= 15 is 0 Å². The second kappa shape index (κ2) is 7.14. The summed E-state index contributed by atoms with van der Waals surface area (Å²) in [5.41, 5.74) is 0.884. The van der Waals surface area contributed by atoms with Crippen LogP contribution < -0.4 is 0 Å². The van der Waals surface area contributed by atoms with Gasteiger partial charge in [0.25, 0.3) is 5.91 Å². The fraction of sp³-hybridized carbons (Fsp3) is 0.412. The highest BCUT2D eigenvalue weighted by molar-refractivity contribution is 5.97. The van der Waals surface area contributed by atoms with Crippen molar-refractivity contribution in [2.45, 2.75) is 19.3 Å². The molecule has 1 aromatic carbocycles. The second-order valence-corrected chi connectivity index (χ2v) is 6.75. The highest BCUT2D eigenvalue weighted by Crippen LogP contribution is 2.26. The molecule has 3 heterocycles. The zero-order valence-corrected chi connectivity index (χ0v) is 14.9. The molecular weight excluding hydrogens is 348 g/mol. The summed E-state index contributed by atoms with van der Waals surface area (Å²) in [5.74, 6) is 1.21. The van der Waals surface area contributed by atoms with Crippen molar-refractivity contribution in [1.29, 1.82) is 0 Å². The lowest BCUT2D eigenvalue weighted by atomic mass is 9.93. The number of phenols is 1. The molecule has 4 rings (SSSR count). The predicted octanol–water partition coefficient (Wildman–Crippen LogP) is 0.591. The van der Waals surface area contributed by atoms with E-state index in [1.165, 1.54) is 17.1 Å². The zero-order valence-electron chi connectivity index (χ0n) is 14.9. The van der Waals surface area contributed by atoms with Gasteiger partial charge in [-0.1, -0.05) is 0 Å². The Morgan fingerprint density at radius 3 is 2.67 bits per heavy atom. The maximum absolute atomic E-state index is 12.8. The van der Waals surface area contributed by atoms with E-state index < -0.39 is 0 Å². The maximum atomic E-state index is 12.8. The summed E-state index contributed by atoms with van der Waals surface area (Å²) >= 11 is 0. The standard InChI is InChI=1S/C17H20N8O2/c1-23-10-18-20-16(23)8-12-4-6-24(7-5-12)17(27)14-3-2-13(9-15(14)26)25-11-19-21-22-25/h2-3,9-12,26H,4-8H2,1H3. The second-order valence-electron chi connectivity index (χ2n) is 6.75. The SMILES string of the molecule is Cn1cnnc1CC1CCN(C(=O)c2ccc(-n3cnnn3)cc2O)CC1. The van der Waals surface area contributed by atoms with Crippen LogP contribution in [-0.4, -0.2) is 64.0 Å². The lowest BCUT2D eigenvalue weighted by molar-refractivity contribution is 0.0686. The molecule has 27 heavy (non-hydrogen) atoms. The number of hydrogen-bond donors (Lipinski definition) is 1. The molecule has 0 bridgehead atoms. The molecule has 1 aliphatic rings. The Morgan fingerprint density at radius 1 is 1.22 bits per heavy atom. The molecule has 1 fully saturated rings. The van der Waals surface area contributed by atoms with E-state index in [0.29, 0.717) is 30.3 Å². The van der Waals surface area contributed by atoms with Gasteiger partial charge in [-0.2, -0.15) is 0 Å². The van der Waals surface area contributed by atoms with Crippen molar-refractivity contribution in [3.63, 3.8) is 0 Å². The van der Waals surface area contributed by atoms with Crippen LogP contribution in [-0.2, 0) is 13.5 Å². The summed E-state index contributed by atoms with van der Waals surface area (Å²) in [6.45, 7) is 1.32. The van der Waals surface area contributed by atoms with Gasteiger partial charge in [0.15, 0.2) is 0 Å². The molecule has 140 valence electrons. The minimum Gasteiger partial charge on any atom is -0.507 e. The Balaban J connectivity index is 1.40. The third kappa shape index (κ3) is 3.50. The number of rotatable bonds is 4. The number of aryl methyl sites for hydroxylation is 1. The molecule has 0 aliphatic carbocycles. The van der Waals surface area contributed by atoms with Crippen molar-refractivity contribution in [2.75, 3.05) is 13.1 Å². The first-order valence-electron chi connectivity index (χ1n) is 8.80. The fourth-order valence-corrected chi connectivity index (χ4v) is 3.38. The van der Waals surface area contributed by atoms with Crippen LogP contribution in [0, 0.1) is 5.92 Å². The Kier molecular flexibility index (Phi) is 4.53. The van der Waals surface area contributed by atoms with E-state index in [1.807, 2.05) is 11.6 Å². The van der Waals surface area contributed by atoms with Gasteiger partial charge < -0.3 is 14.6 Å². The summed E-state index contributed by atoms with van der Waals surface area (Å²) in [7, 11) is 1.94. The van der Waals surface area contributed by atoms with Gasteiger partial charge >= 0.3 is 0 Å². The van der Waals surface area contributed by atoms with Crippen molar-refractivity contribution < 1.29 is 9.90 Å². The third-order valence-electron chi connectivity index (χ3n) is 5.00. The van der Waals surface area contributed by atoms with Crippen LogP contribution in [0.15, 0.2) is 30.9 Å². The number of hydrogen-bond acceptors (Lipinski definition) is 7. The smallest absolute Gasteiger partial charge is 0.257 e. The summed E-state index contributed by atoms with van der Waals surface area (Å²) < 4.78 is 3.35. The Hall–Kier alpha value is -3.30. The van der Waals surface area contributed by atoms with E-state index in [-0.39, 0.29) is 11.7 Å². The summed E-state index contributed by atoms with van der Waals surface area (Å²) in [5, 5.41) is 29.2. The number of aromatic hydroxyl groups is 1. The molecule has 3 aromatic rings. The Labute approximate surface area is 155 Å². The monoisotopic (exact) mass is 368 g/mol. The molecular formula is C17H20N8O2. The molecule has 0 spiro atoms. The molecule has 0 saturated carbocycles. The first-order chi connectivity index (χ1) is 13.1. The van der Waals surface area contributed by atoms with Gasteiger partial charge in [-0.05, 0) is 41.3 Å². The van der Waals surface area contributed by atoms with Crippen molar-refractivity contribution in [3.05, 3.63) is 42.2 Å². The van der Waals surface area contributed by atoms with E-state index in [4.69, 9.17) is 0 Å². The number of nitrogens with zero attached hydrogens (tertiary/aromatic N) is 8. The number of tetrazole rings is 1. The largest absolute Gasteiger partial charge is 0.507 e. The van der Waals surface area contributed by atoms with Crippen LogP contribution in [0.2, 0.25) is 0 Å². The van der Waals surface area contributed by atoms with Crippen LogP contribution in [0.1, 0.15) is 29.0 Å². The van der Waals surface area contributed by atoms with Gasteiger partial charge in [0.05, 0.1) is 11.3 Å². The van der Waals surface area contributed by atoms with Crippen LogP contribution in [0.5, 0.6) is 5.75 Å². The van der Waals surface area contributed by atoms with Crippen LogP contribution in [0.4, 0.5) is 0 Å². The zero-order chi connectivity index (χ0) is 18.8. The molecule has 0 unspecified atom stereocenters. The summed E-state index contributed by atoms with van der Waals surface area (Å²) in [6, 6.07) is 4.81. The normalized spacial score (nSPS) is 15.2. The maximum Gasteiger partial charge on any atom is 0.257 e. The predicted molar refractivity (Wildman–Crippen MR) is 94.2 cm³/mol. The van der Waals surface area contributed by atoms with Gasteiger partial charge in [0, 0.05) is 32.6 Å². The van der Waals surface area contributed by atoms with E-state index in [1.54, 1.807) is 23.4 Å². The third-order valence-corrected chi connectivity index (χ3v) is 5.00. The van der Waals surface area contributed by atoms with Crippen molar-refractivity contribution in [1.82, 2.24) is 39.9 Å². The molecule has 1 N–H and O–H groups in total. The molecule has 0 atom stereocenters. The van der Waals surface area contributed by atoms with Gasteiger partial charge in [0.1, 0.15) is 24.2 Å². The Morgan fingerprint density at radius 2 is 2.04 bits per heavy atom. The summed E-state index contributed by atoms with van der Waals surface area (Å²) in [6.07, 6.45) is 5.81. The Bertz CT molecular complexity index is 928. The molecule has 1 aliphatic heterocycles. The number of phenolic OH excluding ortho intramolecular Hbond substituents is 1. The highest BCUT2D eigenvalue weighted by Gasteiger charge is 2.26. The van der Waals surface area contributed by atoms with E-state index in [9.17, 15) is 9.90 Å². The minimum atomic E-state index is -0.159. The number of amides is 1. The number of benzene rings is 1. The van der Waals surface area contributed by atoms with E-state index in [2.05, 4.69) is 25.7 Å². The first-order valence-corrected chi connectivity index (χ1v) is 8.80. The molecule has 10 nitrogen and oxygen atoms in total. The molecule has 1 saturated heterocycles. The number of likely N-dealkylation sites (tertiary alicyclic amines) is 1. The average molecular weight is 368 g/mol. The summed E-state index contributed by atoms with van der Waals surface area (Å²) in [4.78, 5) is 14.6. The van der Waals surface area contributed by atoms with Gasteiger partial charge in [0.2, 0.25) is 0 Å². The lowest BCUT2D eigenvalue weighted by Gasteiger charge is -2.32. The van der Waals surface area contributed by atoms with Crippen molar-refractivity contribution in [3.8, 4) is 11.4 Å². The molecule has 10 heteroatoms. The fourth-order valence-electron chi connectivity index (χ4n) is 3.38. The van der Waals surface area contributed by atoms with Gasteiger partial charge in [-0.3, -0.25) is 4.79 Å². The lowest BCUT2D eigenvalue weighted by Crippen LogP contribution is -2.39. The number of carbonyl (C=O) groups excluding carboxylic acids is 1. The molecule has 1 amide bonds.